The maximum Gasteiger partial charge on any atom is 0.318 e. The number of alkyl halides is 1. The summed E-state index contributed by atoms with van der Waals surface area (Å²) in [4.78, 5) is 107. The number of carbonyl (C=O) groups is 3. The molecule has 130 heavy (non-hydrogen) atoms. The lowest BCUT2D eigenvalue weighted by atomic mass is 9.99. The van der Waals surface area contributed by atoms with Crippen molar-refractivity contribution in [2.75, 3.05) is 188 Å². The van der Waals surface area contributed by atoms with Crippen LogP contribution in [-0.4, -0.2) is 283 Å². The summed E-state index contributed by atoms with van der Waals surface area (Å²) >= 11 is 0. The normalized spacial score (nSPS) is 21.6. The molecule has 9 aliphatic heterocycles. The third kappa shape index (κ3) is 19.6. The summed E-state index contributed by atoms with van der Waals surface area (Å²) in [6.45, 7) is 55.2. The number of benzene rings is 5. The molecule has 1 unspecified atom stereocenters. The number of fused-ring (bicyclic) bond motifs is 6. The van der Waals surface area contributed by atoms with Crippen molar-refractivity contribution < 1.29 is 33.0 Å². The fourth-order valence-electron chi connectivity index (χ4n) is 20.6. The number of piperazine rings is 3. The first-order chi connectivity index (χ1) is 62.5. The molecule has 18 rings (SSSR count). The molecule has 3 amide bonds. The molecule has 5 aromatic carbocycles. The third-order valence-corrected chi connectivity index (χ3v) is 27.5. The van der Waals surface area contributed by atoms with Crippen LogP contribution in [0.2, 0.25) is 0 Å². The van der Waals surface area contributed by atoms with Gasteiger partial charge < -0.3 is 87.6 Å². The van der Waals surface area contributed by atoms with E-state index in [4.69, 9.17) is 63.8 Å². The van der Waals surface area contributed by atoms with Gasteiger partial charge in [0.2, 0.25) is 37.4 Å². The molecule has 0 radical (unpaired) electrons. The Kier molecular flexibility index (Phi) is 28.7. The number of aromatic nitrogens is 7. The average molecular weight is 1780 g/mol. The largest absolute Gasteiger partial charge is 0.462 e. The molecule has 31 heteroatoms. The molecule has 0 saturated carbocycles. The number of nitrogens with zero attached hydrogens (tertiary/aromatic N) is 22. The van der Waals surface area contributed by atoms with Crippen LogP contribution >= 0.6 is 13.5 Å². The molecule has 9 aliphatic rings. The maximum absolute atomic E-state index is 14.7. The Morgan fingerprint density at radius 3 is 1.35 bits per heavy atom. The van der Waals surface area contributed by atoms with Crippen LogP contribution in [0, 0.1) is 51.8 Å². The number of aryl methyl sites for hydroxylation is 2. The number of carbonyl (C=O) groups excluding carboxylic acids is 3. The predicted molar refractivity (Wildman–Crippen MR) is 512 cm³/mol. The highest BCUT2D eigenvalue weighted by atomic mass is 32.1. The average Bonchev–Trinajstić information content (AvgIpc) is 1.13. The number of likely N-dealkylation sites (tertiary alicyclic amines) is 3. The number of H-pyrrole nitrogens is 1. The molecule has 6 saturated heterocycles. The lowest BCUT2D eigenvalue weighted by Crippen LogP contribution is -2.56. The fourth-order valence-corrected chi connectivity index (χ4v) is 20.6. The molecule has 13 heterocycles. The van der Waals surface area contributed by atoms with Crippen LogP contribution in [0.15, 0.2) is 129 Å². The maximum atomic E-state index is 14.7. The van der Waals surface area contributed by atoms with E-state index < -0.39 is 5.67 Å². The molecular weight excluding hydrogens is 1660 g/mol. The zero-order valence-corrected chi connectivity index (χ0v) is 76.8. The van der Waals surface area contributed by atoms with E-state index in [1.807, 2.05) is 48.5 Å². The van der Waals surface area contributed by atoms with Crippen LogP contribution in [0.3, 0.4) is 0 Å². The van der Waals surface area contributed by atoms with Gasteiger partial charge in [-0.25, -0.2) is 24.1 Å². The van der Waals surface area contributed by atoms with Gasteiger partial charge in [-0.05, 0) is 183 Å². The lowest BCUT2D eigenvalue weighted by molar-refractivity contribution is -0.129. The van der Waals surface area contributed by atoms with Crippen molar-refractivity contribution in [3.63, 3.8) is 0 Å². The molecule has 1 N–H and O–H groups in total. The highest BCUT2D eigenvalue weighted by molar-refractivity contribution is 7.59. The van der Waals surface area contributed by atoms with Crippen LogP contribution in [0.25, 0.3) is 47.0 Å². The molecule has 0 bridgehead atoms. The van der Waals surface area contributed by atoms with E-state index in [0.717, 1.165) is 144 Å². The first kappa shape index (κ1) is 92.1. The van der Waals surface area contributed by atoms with Gasteiger partial charge in [-0.2, -0.15) is 48.7 Å². The molecule has 0 spiro atoms. The number of amides is 3. The predicted octanol–water partition coefficient (Wildman–Crippen LogP) is 11.9. The molecule has 9 aromatic rings. The van der Waals surface area contributed by atoms with Gasteiger partial charge in [0, 0.05) is 171 Å². The van der Waals surface area contributed by atoms with E-state index in [1.165, 1.54) is 68.9 Å². The molecule has 6 fully saturated rings. The number of aromatic amines is 1. The topological polar surface area (TPSA) is 248 Å². The summed E-state index contributed by atoms with van der Waals surface area (Å²) in [5, 5.41) is 15.5. The summed E-state index contributed by atoms with van der Waals surface area (Å²) in [5.41, 5.74) is 13.9. The van der Waals surface area contributed by atoms with Gasteiger partial charge in [0.25, 0.3) is 0 Å². The number of nitrogens with one attached hydrogen (secondary N) is 1. The number of likely N-dealkylation sites (N-methyl/N-ethyl adjacent to an activating group) is 3. The van der Waals surface area contributed by atoms with Crippen molar-refractivity contribution in [3.8, 4) is 24.1 Å². The number of ether oxygens (including phenoxy) is 3. The quantitative estimate of drug-likeness (QED) is 0.0519. The van der Waals surface area contributed by atoms with Crippen LogP contribution in [0.1, 0.15) is 95.1 Å². The summed E-state index contributed by atoms with van der Waals surface area (Å²) in [6, 6.07) is 32.5. The summed E-state index contributed by atoms with van der Waals surface area (Å²) in [7, 11) is 6.19. The van der Waals surface area contributed by atoms with Crippen molar-refractivity contribution in [3.05, 3.63) is 219 Å². The third-order valence-electron chi connectivity index (χ3n) is 27.5. The van der Waals surface area contributed by atoms with Gasteiger partial charge in [0.1, 0.15) is 61.1 Å². The van der Waals surface area contributed by atoms with Gasteiger partial charge in [0.15, 0.2) is 0 Å². The smallest absolute Gasteiger partial charge is 0.318 e. The SMILES string of the molecule is S.[C-]#[N+]C[C@H]1CN(c2nc(OC[C@@H]3CC(C)(F)CN3C)nc3c2CCN(c2cccc4cccc(C)c24)C3)CCN1C(=O)C=C.[C-]#[N+]C[C@H]1CN(c2nc(OC[C@@H]3CCCN3C)nc3c2CCN(c2c(C)c(C)cc4[nH]ccc24)C3)CCN1C(=O)C=C.[C-]#[N+]C[C@H]1CN(c2nc(OC[C@@H]3CCCN3C)nc3c2CCN(c2cccc4cccc(C#N)c24)C3)CCN1C(=O)C=C. The van der Waals surface area contributed by atoms with Gasteiger partial charge in [0.05, 0.1) is 48.3 Å². The first-order valence-electron chi connectivity index (χ1n) is 45.2. The summed E-state index contributed by atoms with van der Waals surface area (Å²) < 4.78 is 33.5. The Hall–Kier alpha value is -12.7. The minimum atomic E-state index is -1.25. The molecular formula is C99H118FN23O6S. The monoisotopic (exact) mass is 1780 g/mol. The van der Waals surface area contributed by atoms with E-state index in [9.17, 15) is 24.0 Å². The molecule has 7 atom stereocenters. The van der Waals surface area contributed by atoms with E-state index in [2.05, 4.69) is 174 Å². The Labute approximate surface area is 768 Å². The van der Waals surface area contributed by atoms with Crippen LogP contribution in [-0.2, 0) is 53.3 Å². The van der Waals surface area contributed by atoms with Gasteiger partial charge >= 0.3 is 18.0 Å². The van der Waals surface area contributed by atoms with Gasteiger partial charge in [-0.15, -0.1) is 0 Å². The summed E-state index contributed by atoms with van der Waals surface area (Å²) in [6.07, 6.45) is 13.2. The van der Waals surface area contributed by atoms with E-state index in [1.54, 1.807) is 21.6 Å². The standard InChI is InChI=1S/C34H40FN7O2.C33H36N8O2.C32H40N8O2.H2S/c1-6-30(43)42-16-15-41(19-26(42)18-36-4)32-27-13-14-40(29-12-8-11-24-10-7-9-23(2)31(24)29)20-28(27)37-33(38-32)44-21-25-17-34(3,35)22-39(25)5;1-4-30(42)41-17-16-40(20-26(41)19-35-2)32-27-13-15-39(29-12-6-9-23-8-5-10-24(18-34)31(23)29)21-28(27)36-33(37-32)43-22-25-11-7-14-38(25)3;1-6-29(41)40-15-14-39(18-24(40)17-33-4)31-26-10-13-38(30-22(3)21(2)16-27-25(30)9-11-34-27)19-28(26)35-32(36-31)42-20-23-8-7-12-37(23)5;/h6-12,25-26H,1,13-22H2,2-3,5H3;4-6,8-10,12,25-26H,1,7,11,13-17,19-22H2,3H3;6,9,11,16,23-24,34H,1,7-8,10,12-15,17-20H2,2-3,5H3;1H2/t25-,26-,34?;25-,26-;23-,24-;/m000./s1. The molecule has 4 aromatic heterocycles. The Morgan fingerprint density at radius 2 is 0.938 bits per heavy atom. The Balaban J connectivity index is 0.000000149. The van der Waals surface area contributed by atoms with Crippen molar-refractivity contribution in [1.82, 2.24) is 64.3 Å². The number of hydrogen-bond acceptors (Lipinski definition) is 22. The van der Waals surface area contributed by atoms with E-state index >= 15 is 0 Å². The summed E-state index contributed by atoms with van der Waals surface area (Å²) in [5.74, 6) is 2.07. The fraction of sp³-hybridized carbons (Fsp3) is 0.465. The first-order valence-corrected chi connectivity index (χ1v) is 45.2. The van der Waals surface area contributed by atoms with Crippen LogP contribution < -0.4 is 43.6 Å². The second-order valence-corrected chi connectivity index (χ2v) is 35.8. The van der Waals surface area contributed by atoms with Crippen molar-refractivity contribution in [2.24, 2.45) is 0 Å². The molecule has 29 nitrogen and oxygen atoms in total. The van der Waals surface area contributed by atoms with Crippen molar-refractivity contribution >= 4 is 98.2 Å². The van der Waals surface area contributed by atoms with Crippen LogP contribution in [0.4, 0.5) is 38.9 Å². The second-order valence-electron chi connectivity index (χ2n) is 35.8. The van der Waals surface area contributed by atoms with Gasteiger partial charge in [-0.1, -0.05) is 74.3 Å². The minimum absolute atomic E-state index is 0. The van der Waals surface area contributed by atoms with E-state index in [-0.39, 0.29) is 81.0 Å². The zero-order valence-electron chi connectivity index (χ0n) is 75.8. The second kappa shape index (κ2) is 40.6. The number of nitriles is 1. The Morgan fingerprint density at radius 1 is 0.523 bits per heavy atom. The Bertz CT molecular complexity index is 5910. The molecule has 0 aliphatic carbocycles. The number of hydrogen-bond donors (Lipinski definition) is 1. The van der Waals surface area contributed by atoms with Crippen molar-refractivity contribution in [2.45, 2.75) is 141 Å². The lowest BCUT2D eigenvalue weighted by Gasteiger charge is -2.41. The molecule has 678 valence electrons. The minimum Gasteiger partial charge on any atom is -0.462 e. The van der Waals surface area contributed by atoms with E-state index in [0.29, 0.717) is 141 Å². The zero-order chi connectivity index (χ0) is 90.3. The van der Waals surface area contributed by atoms with Gasteiger partial charge in [-0.3, -0.25) is 19.3 Å². The highest BCUT2D eigenvalue weighted by Gasteiger charge is 2.43. The number of anilines is 6. The number of rotatable bonds is 21. The van der Waals surface area contributed by atoms with Crippen LogP contribution in [0.5, 0.6) is 18.0 Å². The highest BCUT2D eigenvalue weighted by Crippen LogP contribution is 2.43. The van der Waals surface area contributed by atoms with Crippen molar-refractivity contribution in [1.29, 1.82) is 5.26 Å². The number of halogens is 1.